The Kier molecular flexibility index (Phi) is 8.05. The number of ether oxygens (including phenoxy) is 2. The molecule has 0 spiro atoms. The first kappa shape index (κ1) is 25.2. The molecule has 3 aromatic rings. The molecule has 0 atom stereocenters. The van der Waals surface area contributed by atoms with Crippen LogP contribution in [0.15, 0.2) is 53.9 Å². The fourth-order valence-corrected chi connectivity index (χ4v) is 5.09. The molecule has 2 aromatic carbocycles. The predicted molar refractivity (Wildman–Crippen MR) is 139 cm³/mol. The number of aromatic nitrogens is 1. The summed E-state index contributed by atoms with van der Waals surface area (Å²) in [6.07, 6.45) is 2.02. The number of nitrogens with one attached hydrogen (secondary N) is 1. The van der Waals surface area contributed by atoms with Crippen molar-refractivity contribution >= 4 is 22.4 Å². The van der Waals surface area contributed by atoms with Gasteiger partial charge in [-0.05, 0) is 54.8 Å². The van der Waals surface area contributed by atoms with Crippen LogP contribution in [0.1, 0.15) is 48.3 Å². The number of nitrogens with zero attached hydrogens (tertiary/aromatic N) is 2. The maximum Gasteiger partial charge on any atom is 0.257 e. The first-order valence-electron chi connectivity index (χ1n) is 11.9. The van der Waals surface area contributed by atoms with Gasteiger partial charge in [-0.15, -0.1) is 11.3 Å². The molecule has 2 heterocycles. The topological polar surface area (TPSA) is 83.9 Å². The number of aliphatic hydroxyl groups excluding tert-OH is 1. The number of hydrogen-bond acceptors (Lipinski definition) is 7. The van der Waals surface area contributed by atoms with Gasteiger partial charge in [0.1, 0.15) is 17.6 Å². The summed E-state index contributed by atoms with van der Waals surface area (Å²) in [5.41, 5.74) is 2.27. The van der Waals surface area contributed by atoms with E-state index in [4.69, 9.17) is 19.6 Å². The van der Waals surface area contributed by atoms with Crippen molar-refractivity contribution in [2.75, 3.05) is 38.7 Å². The molecule has 1 aliphatic heterocycles. The average Bonchev–Trinajstić information content (AvgIpc) is 3.35. The number of aliphatic hydroxyl groups is 1. The van der Waals surface area contributed by atoms with Gasteiger partial charge in [-0.1, -0.05) is 26.0 Å². The van der Waals surface area contributed by atoms with E-state index in [1.807, 2.05) is 41.8 Å². The van der Waals surface area contributed by atoms with Crippen LogP contribution >= 0.6 is 11.3 Å². The molecule has 7 nitrogen and oxygen atoms in total. The maximum absolute atomic E-state index is 12.8. The van der Waals surface area contributed by atoms with Crippen LogP contribution in [0.4, 0.5) is 5.13 Å². The number of thiazole rings is 1. The summed E-state index contributed by atoms with van der Waals surface area (Å²) in [6.45, 7) is 7.00. The number of amides is 1. The van der Waals surface area contributed by atoms with Gasteiger partial charge in [-0.2, -0.15) is 0 Å². The highest BCUT2D eigenvalue weighted by Crippen LogP contribution is 2.34. The van der Waals surface area contributed by atoms with Crippen LogP contribution in [0.2, 0.25) is 0 Å². The molecule has 0 unspecified atom stereocenters. The minimum Gasteiger partial charge on any atom is -0.497 e. The van der Waals surface area contributed by atoms with E-state index in [1.54, 1.807) is 19.2 Å². The van der Waals surface area contributed by atoms with Crippen LogP contribution in [-0.4, -0.2) is 60.4 Å². The van der Waals surface area contributed by atoms with Crippen molar-refractivity contribution in [2.24, 2.45) is 0 Å². The first-order chi connectivity index (χ1) is 16.9. The van der Waals surface area contributed by atoms with Crippen molar-refractivity contribution in [3.8, 4) is 11.5 Å². The van der Waals surface area contributed by atoms with Crippen LogP contribution in [-0.2, 0) is 5.41 Å². The second-order valence-electron chi connectivity index (χ2n) is 9.25. The normalized spacial score (nSPS) is 15.1. The summed E-state index contributed by atoms with van der Waals surface area (Å²) in [6, 6.07) is 15.2. The highest BCUT2D eigenvalue weighted by Gasteiger charge is 2.26. The Morgan fingerprint density at radius 1 is 1.11 bits per heavy atom. The maximum atomic E-state index is 12.8. The Morgan fingerprint density at radius 3 is 2.40 bits per heavy atom. The molecule has 1 aliphatic rings. The van der Waals surface area contributed by atoms with Gasteiger partial charge in [0.15, 0.2) is 5.13 Å². The van der Waals surface area contributed by atoms with E-state index in [1.165, 1.54) is 11.3 Å². The standard InChI is InChI=1S/C27H33N3O4S/c1-27(2,20-6-10-21(33-3)11-7-20)24-18-35-26(28-24)29-25(32)19-4-8-22(9-5-19)34-23-12-14-30(15-13-23)16-17-31/h4-11,18,23,31H,12-17H2,1-3H3,(H,28,29,32). The number of benzene rings is 2. The molecule has 35 heavy (non-hydrogen) atoms. The number of anilines is 1. The Labute approximate surface area is 210 Å². The van der Waals surface area contributed by atoms with Gasteiger partial charge in [0.2, 0.25) is 0 Å². The van der Waals surface area contributed by atoms with Gasteiger partial charge in [-0.3, -0.25) is 10.1 Å². The van der Waals surface area contributed by atoms with Gasteiger partial charge in [0.25, 0.3) is 5.91 Å². The number of carbonyl (C=O) groups excluding carboxylic acids is 1. The second-order valence-corrected chi connectivity index (χ2v) is 10.1. The number of rotatable bonds is 9. The van der Waals surface area contributed by atoms with Gasteiger partial charge >= 0.3 is 0 Å². The molecule has 0 saturated carbocycles. The SMILES string of the molecule is COc1ccc(C(C)(C)c2csc(NC(=O)c3ccc(OC4CCN(CCO)CC4)cc3)n2)cc1. The minimum atomic E-state index is -0.307. The Hall–Kier alpha value is -2.94. The number of β-amino-alcohol motifs (C(OH)–C–C–N with tert-alkyl or cyclic N) is 1. The van der Waals surface area contributed by atoms with Crippen molar-refractivity contribution in [1.29, 1.82) is 0 Å². The van der Waals surface area contributed by atoms with E-state index < -0.39 is 0 Å². The van der Waals surface area contributed by atoms with E-state index >= 15 is 0 Å². The van der Waals surface area contributed by atoms with Crippen molar-refractivity contribution < 1.29 is 19.4 Å². The molecular weight excluding hydrogens is 462 g/mol. The smallest absolute Gasteiger partial charge is 0.257 e. The van der Waals surface area contributed by atoms with E-state index in [0.29, 0.717) is 10.7 Å². The summed E-state index contributed by atoms with van der Waals surface area (Å²) < 4.78 is 11.3. The molecule has 1 fully saturated rings. The fourth-order valence-electron chi connectivity index (χ4n) is 4.21. The third kappa shape index (κ3) is 6.20. The lowest BCUT2D eigenvalue weighted by molar-refractivity contribution is 0.0888. The van der Waals surface area contributed by atoms with E-state index in [-0.39, 0.29) is 24.0 Å². The zero-order valence-electron chi connectivity index (χ0n) is 20.5. The predicted octanol–water partition coefficient (Wildman–Crippen LogP) is 4.57. The van der Waals surface area contributed by atoms with Crippen molar-refractivity contribution in [1.82, 2.24) is 9.88 Å². The quantitative estimate of drug-likeness (QED) is 0.453. The lowest BCUT2D eigenvalue weighted by Crippen LogP contribution is -2.39. The molecule has 1 saturated heterocycles. The highest BCUT2D eigenvalue weighted by atomic mass is 32.1. The van der Waals surface area contributed by atoms with Crippen LogP contribution in [0, 0.1) is 0 Å². The van der Waals surface area contributed by atoms with Crippen LogP contribution in [0.25, 0.3) is 0 Å². The van der Waals surface area contributed by atoms with Gasteiger partial charge in [0, 0.05) is 36.0 Å². The van der Waals surface area contributed by atoms with E-state index in [2.05, 4.69) is 24.1 Å². The molecule has 186 valence electrons. The van der Waals surface area contributed by atoms with Gasteiger partial charge in [-0.25, -0.2) is 4.98 Å². The third-order valence-electron chi connectivity index (χ3n) is 6.55. The molecule has 2 N–H and O–H groups in total. The fraction of sp³-hybridized carbons (Fsp3) is 0.407. The van der Waals surface area contributed by atoms with Crippen molar-refractivity contribution in [3.63, 3.8) is 0 Å². The number of methoxy groups -OCH3 is 1. The molecular formula is C27H33N3O4S. The lowest BCUT2D eigenvalue weighted by atomic mass is 9.82. The van der Waals surface area contributed by atoms with Crippen molar-refractivity contribution in [3.05, 3.63) is 70.7 Å². The molecule has 0 aliphatic carbocycles. The summed E-state index contributed by atoms with van der Waals surface area (Å²) >= 11 is 1.42. The lowest BCUT2D eigenvalue weighted by Gasteiger charge is -2.31. The number of piperidine rings is 1. The minimum absolute atomic E-state index is 0.160. The monoisotopic (exact) mass is 495 g/mol. The zero-order valence-corrected chi connectivity index (χ0v) is 21.3. The molecule has 8 heteroatoms. The van der Waals surface area contributed by atoms with Gasteiger partial charge < -0.3 is 19.5 Å². The average molecular weight is 496 g/mol. The molecule has 1 aromatic heterocycles. The van der Waals surface area contributed by atoms with Crippen LogP contribution in [0.5, 0.6) is 11.5 Å². The summed E-state index contributed by atoms with van der Waals surface area (Å²) in [7, 11) is 1.65. The molecule has 1 amide bonds. The van der Waals surface area contributed by atoms with Crippen LogP contribution in [0.3, 0.4) is 0 Å². The number of likely N-dealkylation sites (tertiary alicyclic amines) is 1. The van der Waals surface area contributed by atoms with Crippen molar-refractivity contribution in [2.45, 2.75) is 38.2 Å². The molecule has 4 rings (SSSR count). The van der Waals surface area contributed by atoms with Gasteiger partial charge in [0.05, 0.1) is 19.4 Å². The van der Waals surface area contributed by atoms with E-state index in [0.717, 1.165) is 55.2 Å². The largest absolute Gasteiger partial charge is 0.497 e. The van der Waals surface area contributed by atoms with E-state index in [9.17, 15) is 4.79 Å². The highest BCUT2D eigenvalue weighted by molar-refractivity contribution is 7.14. The second kappa shape index (κ2) is 11.2. The van der Waals surface area contributed by atoms with Crippen LogP contribution < -0.4 is 14.8 Å². The summed E-state index contributed by atoms with van der Waals surface area (Å²) in [5, 5.41) is 14.6. The molecule has 0 bridgehead atoms. The number of hydrogen-bond donors (Lipinski definition) is 2. The Balaban J connectivity index is 1.33. The Bertz CT molecular complexity index is 1100. The number of carbonyl (C=O) groups is 1. The summed E-state index contributed by atoms with van der Waals surface area (Å²) in [5.74, 6) is 1.38. The summed E-state index contributed by atoms with van der Waals surface area (Å²) in [4.78, 5) is 19.7. The first-order valence-corrected chi connectivity index (χ1v) is 12.8. The zero-order chi connectivity index (χ0) is 24.8. The Morgan fingerprint density at radius 2 is 1.77 bits per heavy atom. The third-order valence-corrected chi connectivity index (χ3v) is 7.30. The molecule has 0 radical (unpaired) electrons.